The predicted molar refractivity (Wildman–Crippen MR) is 68.3 cm³/mol. The van der Waals surface area contributed by atoms with E-state index in [4.69, 9.17) is 0 Å². The average Bonchev–Trinajstić information content (AvgIpc) is 2.66. The van der Waals surface area contributed by atoms with Crippen molar-refractivity contribution in [3.8, 4) is 0 Å². The smallest absolute Gasteiger partial charge is 0.252 e. The number of hydrogen-bond donors (Lipinski definition) is 1. The molecular formula is C13H21N3O3. The summed E-state index contributed by atoms with van der Waals surface area (Å²) in [4.78, 5) is 30.1. The van der Waals surface area contributed by atoms with Crippen molar-refractivity contribution in [2.75, 3.05) is 26.7 Å². The summed E-state index contributed by atoms with van der Waals surface area (Å²) in [7, 11) is 1.56. The quantitative estimate of drug-likeness (QED) is 0.610. The summed E-state index contributed by atoms with van der Waals surface area (Å²) in [6.45, 7) is 5.95. The highest BCUT2D eigenvalue weighted by Crippen LogP contribution is 2.40. The lowest BCUT2D eigenvalue weighted by atomic mass is 9.82. The minimum absolute atomic E-state index is 0.111. The zero-order chi connectivity index (χ0) is 13.9. The number of imide groups is 1. The first-order valence-electron chi connectivity index (χ1n) is 6.87. The SMILES string of the molecule is CC(C)N1CC2(C1)C(=O)N(C)C(=O)C1CC(O)CN12. The monoisotopic (exact) mass is 267 g/mol. The molecule has 6 heteroatoms. The zero-order valence-corrected chi connectivity index (χ0v) is 11.7. The second-order valence-electron chi connectivity index (χ2n) is 6.29. The number of carbonyl (C=O) groups excluding carboxylic acids is 2. The van der Waals surface area contributed by atoms with Crippen LogP contribution in [0, 0.1) is 0 Å². The number of likely N-dealkylation sites (tertiary alicyclic amines) is 1. The van der Waals surface area contributed by atoms with Gasteiger partial charge in [-0.25, -0.2) is 0 Å². The predicted octanol–water partition coefficient (Wildman–Crippen LogP) is -1.12. The number of aliphatic hydroxyl groups is 1. The van der Waals surface area contributed by atoms with E-state index >= 15 is 0 Å². The lowest BCUT2D eigenvalue weighted by Crippen LogP contribution is -2.81. The first kappa shape index (κ1) is 13.0. The highest BCUT2D eigenvalue weighted by atomic mass is 16.3. The number of β-amino-alcohol motifs (C(OH)–C–C–N with tert-alkyl or cyclic N) is 1. The van der Waals surface area contributed by atoms with Crippen LogP contribution in [0.2, 0.25) is 0 Å². The van der Waals surface area contributed by atoms with Gasteiger partial charge in [-0.2, -0.15) is 0 Å². The van der Waals surface area contributed by atoms with Crippen LogP contribution in [-0.4, -0.2) is 82.0 Å². The maximum atomic E-state index is 12.5. The summed E-state index contributed by atoms with van der Waals surface area (Å²) < 4.78 is 0. The molecule has 6 nitrogen and oxygen atoms in total. The number of likely N-dealkylation sites (N-methyl/N-ethyl adjacent to an activating group) is 1. The van der Waals surface area contributed by atoms with E-state index in [1.165, 1.54) is 4.90 Å². The molecule has 2 atom stereocenters. The van der Waals surface area contributed by atoms with Crippen LogP contribution in [0.4, 0.5) is 0 Å². The molecular weight excluding hydrogens is 246 g/mol. The fourth-order valence-electron chi connectivity index (χ4n) is 3.59. The van der Waals surface area contributed by atoms with Gasteiger partial charge in [-0.1, -0.05) is 0 Å². The number of piperazine rings is 1. The number of carbonyl (C=O) groups is 2. The van der Waals surface area contributed by atoms with Gasteiger partial charge in [0.25, 0.3) is 5.91 Å². The van der Waals surface area contributed by atoms with Crippen molar-refractivity contribution in [1.82, 2.24) is 14.7 Å². The van der Waals surface area contributed by atoms with Crippen molar-refractivity contribution in [1.29, 1.82) is 0 Å². The molecule has 0 radical (unpaired) electrons. The number of fused-ring (bicyclic) bond motifs is 2. The van der Waals surface area contributed by atoms with E-state index in [0.717, 1.165) is 0 Å². The summed E-state index contributed by atoms with van der Waals surface area (Å²) in [6.07, 6.45) is -0.0573. The van der Waals surface area contributed by atoms with E-state index in [2.05, 4.69) is 18.7 Å². The molecule has 3 fully saturated rings. The van der Waals surface area contributed by atoms with Crippen molar-refractivity contribution in [2.24, 2.45) is 0 Å². The fraction of sp³-hybridized carbons (Fsp3) is 0.846. The molecule has 3 aliphatic heterocycles. The molecule has 3 heterocycles. The van der Waals surface area contributed by atoms with Gasteiger partial charge in [0.2, 0.25) is 5.91 Å². The lowest BCUT2D eigenvalue weighted by Gasteiger charge is -2.59. The number of nitrogens with zero attached hydrogens (tertiary/aromatic N) is 3. The summed E-state index contributed by atoms with van der Waals surface area (Å²) >= 11 is 0. The van der Waals surface area contributed by atoms with Gasteiger partial charge in [0.1, 0.15) is 5.54 Å². The van der Waals surface area contributed by atoms with Crippen LogP contribution in [0.1, 0.15) is 20.3 Å². The van der Waals surface area contributed by atoms with Gasteiger partial charge < -0.3 is 5.11 Å². The van der Waals surface area contributed by atoms with Crippen molar-refractivity contribution < 1.29 is 14.7 Å². The van der Waals surface area contributed by atoms with Gasteiger partial charge in [-0.3, -0.25) is 24.3 Å². The third-order valence-corrected chi connectivity index (χ3v) is 4.81. The van der Waals surface area contributed by atoms with Gasteiger partial charge >= 0.3 is 0 Å². The van der Waals surface area contributed by atoms with E-state index < -0.39 is 11.6 Å². The van der Waals surface area contributed by atoms with Crippen molar-refractivity contribution >= 4 is 11.8 Å². The van der Waals surface area contributed by atoms with Crippen LogP contribution in [-0.2, 0) is 9.59 Å². The van der Waals surface area contributed by atoms with Crippen LogP contribution in [0.5, 0.6) is 0 Å². The molecule has 2 unspecified atom stereocenters. The normalized spacial score (nSPS) is 35.1. The topological polar surface area (TPSA) is 64.1 Å². The Bertz CT molecular complexity index is 431. The fourth-order valence-corrected chi connectivity index (χ4v) is 3.59. The Labute approximate surface area is 112 Å². The molecule has 1 N–H and O–H groups in total. The molecule has 3 aliphatic rings. The van der Waals surface area contributed by atoms with E-state index in [1.807, 2.05) is 4.90 Å². The first-order valence-corrected chi connectivity index (χ1v) is 6.87. The molecule has 106 valence electrons. The molecule has 0 aromatic rings. The largest absolute Gasteiger partial charge is 0.392 e. The van der Waals surface area contributed by atoms with Gasteiger partial charge in [-0.15, -0.1) is 0 Å². The lowest BCUT2D eigenvalue weighted by molar-refractivity contribution is -0.179. The summed E-state index contributed by atoms with van der Waals surface area (Å²) in [6, 6.07) is 0.0688. The summed E-state index contributed by atoms with van der Waals surface area (Å²) in [5, 5.41) is 9.84. The highest BCUT2D eigenvalue weighted by molar-refractivity contribution is 6.05. The van der Waals surface area contributed by atoms with Crippen LogP contribution in [0.3, 0.4) is 0 Å². The molecule has 0 bridgehead atoms. The van der Waals surface area contributed by atoms with Gasteiger partial charge in [0.05, 0.1) is 12.1 Å². The standard InChI is InChI=1S/C13H21N3O3/c1-8(2)15-6-13(7-15)12(19)14(3)11(18)10-4-9(17)5-16(10)13/h8-10,17H,4-7H2,1-3H3. The Balaban J connectivity index is 1.91. The minimum atomic E-state index is -0.588. The maximum absolute atomic E-state index is 12.5. The minimum Gasteiger partial charge on any atom is -0.392 e. The molecule has 3 rings (SSSR count). The third-order valence-electron chi connectivity index (χ3n) is 4.81. The molecule has 0 saturated carbocycles. The van der Waals surface area contributed by atoms with E-state index in [9.17, 15) is 14.7 Å². The first-order chi connectivity index (χ1) is 8.86. The van der Waals surface area contributed by atoms with Crippen LogP contribution < -0.4 is 0 Å². The van der Waals surface area contributed by atoms with E-state index in [-0.39, 0.29) is 17.9 Å². The zero-order valence-electron chi connectivity index (χ0n) is 11.7. The molecule has 0 aliphatic carbocycles. The Morgan fingerprint density at radius 2 is 1.95 bits per heavy atom. The van der Waals surface area contributed by atoms with Crippen molar-refractivity contribution in [3.63, 3.8) is 0 Å². The highest BCUT2D eigenvalue weighted by Gasteiger charge is 2.63. The Kier molecular flexibility index (Phi) is 2.75. The number of amides is 2. The maximum Gasteiger partial charge on any atom is 0.252 e. The second-order valence-corrected chi connectivity index (χ2v) is 6.29. The molecule has 3 saturated heterocycles. The van der Waals surface area contributed by atoms with Crippen LogP contribution in [0.15, 0.2) is 0 Å². The van der Waals surface area contributed by atoms with Crippen molar-refractivity contribution in [2.45, 2.75) is 44.0 Å². The van der Waals surface area contributed by atoms with Gasteiger partial charge in [-0.05, 0) is 20.3 Å². The third kappa shape index (κ3) is 1.60. The second kappa shape index (κ2) is 4.01. The van der Waals surface area contributed by atoms with Crippen LogP contribution >= 0.6 is 0 Å². The van der Waals surface area contributed by atoms with Gasteiger partial charge in [0, 0.05) is 32.7 Å². The molecule has 0 aromatic heterocycles. The van der Waals surface area contributed by atoms with Gasteiger partial charge in [0.15, 0.2) is 0 Å². The Morgan fingerprint density at radius 1 is 1.32 bits per heavy atom. The molecule has 1 spiro atoms. The summed E-state index contributed by atoms with van der Waals surface area (Å²) in [5.74, 6) is -0.282. The average molecular weight is 267 g/mol. The summed E-state index contributed by atoms with van der Waals surface area (Å²) in [5.41, 5.74) is -0.588. The molecule has 19 heavy (non-hydrogen) atoms. The Morgan fingerprint density at radius 3 is 2.53 bits per heavy atom. The Hall–Kier alpha value is -0.980. The number of aliphatic hydroxyl groups excluding tert-OH is 1. The number of rotatable bonds is 1. The van der Waals surface area contributed by atoms with E-state index in [1.54, 1.807) is 7.05 Å². The van der Waals surface area contributed by atoms with Crippen LogP contribution in [0.25, 0.3) is 0 Å². The molecule has 2 amide bonds. The number of hydrogen-bond acceptors (Lipinski definition) is 5. The molecule has 0 aromatic carbocycles. The van der Waals surface area contributed by atoms with E-state index in [0.29, 0.717) is 32.1 Å². The van der Waals surface area contributed by atoms with Crippen molar-refractivity contribution in [3.05, 3.63) is 0 Å².